The number of carbonyl (C=O) groups excluding carboxylic acids is 1. The van der Waals surface area contributed by atoms with E-state index >= 15 is 0 Å². The number of amides is 1. The molecule has 3 rings (SSSR count). The predicted molar refractivity (Wildman–Crippen MR) is 99.4 cm³/mol. The number of anilines is 1. The van der Waals surface area contributed by atoms with Crippen LogP contribution < -0.4 is 5.32 Å². The van der Waals surface area contributed by atoms with E-state index in [4.69, 9.17) is 11.6 Å². The van der Waals surface area contributed by atoms with E-state index in [1.807, 2.05) is 0 Å². The van der Waals surface area contributed by atoms with Crippen molar-refractivity contribution in [3.8, 4) is 5.69 Å². The highest BCUT2D eigenvalue weighted by molar-refractivity contribution is 6.31. The fourth-order valence-corrected chi connectivity index (χ4v) is 2.87. The number of rotatable bonds is 4. The van der Waals surface area contributed by atoms with Gasteiger partial charge in [-0.2, -0.15) is 18.3 Å². The number of para-hydroxylation sites is 1. The number of halogens is 4. The normalized spacial score (nSPS) is 11.3. The van der Waals surface area contributed by atoms with Crippen LogP contribution in [0.25, 0.3) is 5.69 Å². The van der Waals surface area contributed by atoms with Crippen molar-refractivity contribution in [1.29, 1.82) is 0 Å². The number of hydrogen-bond acceptors (Lipinski definition) is 4. The van der Waals surface area contributed by atoms with Gasteiger partial charge in [0.15, 0.2) is 0 Å². The molecular weight excluding hydrogens is 413 g/mol. The number of hydrogen-bond donors (Lipinski definition) is 1. The lowest BCUT2D eigenvalue weighted by atomic mass is 10.1. The van der Waals surface area contributed by atoms with Gasteiger partial charge < -0.3 is 5.32 Å². The first-order chi connectivity index (χ1) is 13.6. The van der Waals surface area contributed by atoms with E-state index in [1.165, 1.54) is 37.3 Å². The minimum absolute atomic E-state index is 0.0632. The van der Waals surface area contributed by atoms with Gasteiger partial charge in [-0.25, -0.2) is 4.68 Å². The van der Waals surface area contributed by atoms with Gasteiger partial charge in [-0.1, -0.05) is 23.7 Å². The van der Waals surface area contributed by atoms with Gasteiger partial charge in [0.2, 0.25) is 0 Å². The number of alkyl halides is 3. The summed E-state index contributed by atoms with van der Waals surface area (Å²) in [6.07, 6.45) is -4.65. The summed E-state index contributed by atoms with van der Waals surface area (Å²) in [7, 11) is 0. The molecule has 0 aliphatic heterocycles. The van der Waals surface area contributed by atoms with Crippen LogP contribution in [0.15, 0.2) is 48.5 Å². The van der Waals surface area contributed by atoms with Gasteiger partial charge in [-0.15, -0.1) is 0 Å². The fourth-order valence-electron chi connectivity index (χ4n) is 2.70. The summed E-state index contributed by atoms with van der Waals surface area (Å²) in [5, 5.41) is 17.7. The van der Waals surface area contributed by atoms with Gasteiger partial charge in [0, 0.05) is 17.2 Å². The molecule has 1 N–H and O–H groups in total. The zero-order valence-electron chi connectivity index (χ0n) is 14.7. The molecule has 2 aromatic carbocycles. The Morgan fingerprint density at radius 1 is 1.21 bits per heavy atom. The highest BCUT2D eigenvalue weighted by Crippen LogP contribution is 2.35. The third-order valence-corrected chi connectivity index (χ3v) is 4.15. The highest BCUT2D eigenvalue weighted by Gasteiger charge is 2.34. The smallest absolute Gasteiger partial charge is 0.306 e. The van der Waals surface area contributed by atoms with Crippen molar-refractivity contribution in [2.45, 2.75) is 13.1 Å². The maximum atomic E-state index is 13.4. The molecule has 0 atom stereocenters. The number of carbonyl (C=O) groups is 1. The Balaban J connectivity index is 2.05. The molecule has 11 heteroatoms. The lowest BCUT2D eigenvalue weighted by molar-refractivity contribution is -0.385. The van der Waals surface area contributed by atoms with E-state index in [2.05, 4.69) is 10.4 Å². The van der Waals surface area contributed by atoms with Crippen molar-refractivity contribution >= 4 is 29.0 Å². The van der Waals surface area contributed by atoms with E-state index in [9.17, 15) is 28.1 Å². The summed E-state index contributed by atoms with van der Waals surface area (Å²) in [5.74, 6) is -0.965. The molecule has 1 aromatic heterocycles. The van der Waals surface area contributed by atoms with Crippen LogP contribution in [0.3, 0.4) is 0 Å². The lowest BCUT2D eigenvalue weighted by Crippen LogP contribution is -2.18. The summed E-state index contributed by atoms with van der Waals surface area (Å²) in [5.41, 5.74) is -1.74. The monoisotopic (exact) mass is 424 g/mol. The molecule has 0 aliphatic rings. The lowest BCUT2D eigenvalue weighted by Gasteiger charge is -2.15. The van der Waals surface area contributed by atoms with E-state index in [-0.39, 0.29) is 22.1 Å². The third kappa shape index (κ3) is 4.21. The van der Waals surface area contributed by atoms with Crippen LogP contribution in [0.1, 0.15) is 21.6 Å². The molecule has 7 nitrogen and oxygen atoms in total. The molecule has 0 fully saturated rings. The van der Waals surface area contributed by atoms with E-state index in [0.29, 0.717) is 5.69 Å². The van der Waals surface area contributed by atoms with Crippen molar-refractivity contribution in [2.75, 3.05) is 5.32 Å². The molecule has 0 aliphatic carbocycles. The van der Waals surface area contributed by atoms with Gasteiger partial charge in [0.05, 0.1) is 21.9 Å². The maximum Gasteiger partial charge on any atom is 0.418 e. The number of aromatic nitrogens is 2. The summed E-state index contributed by atoms with van der Waals surface area (Å²) in [6.45, 7) is 1.53. The van der Waals surface area contributed by atoms with E-state index < -0.39 is 28.3 Å². The molecule has 1 heterocycles. The number of nitrogens with zero attached hydrogens (tertiary/aromatic N) is 3. The van der Waals surface area contributed by atoms with Crippen molar-refractivity contribution in [2.24, 2.45) is 0 Å². The van der Waals surface area contributed by atoms with Crippen LogP contribution >= 0.6 is 11.6 Å². The summed E-state index contributed by atoms with van der Waals surface area (Å²) >= 11 is 5.74. The molecule has 150 valence electrons. The third-order valence-electron chi connectivity index (χ3n) is 3.91. The highest BCUT2D eigenvalue weighted by atomic mass is 35.5. The van der Waals surface area contributed by atoms with Crippen molar-refractivity contribution in [3.63, 3.8) is 0 Å². The van der Waals surface area contributed by atoms with Crippen molar-refractivity contribution < 1.29 is 22.9 Å². The Morgan fingerprint density at radius 3 is 2.55 bits per heavy atom. The zero-order valence-corrected chi connectivity index (χ0v) is 15.5. The molecule has 1 amide bonds. The molecule has 0 radical (unpaired) electrons. The first-order valence-electron chi connectivity index (χ1n) is 8.06. The minimum Gasteiger partial charge on any atom is -0.306 e. The second kappa shape index (κ2) is 7.55. The molecule has 29 heavy (non-hydrogen) atoms. The van der Waals surface area contributed by atoms with Crippen LogP contribution in [0.5, 0.6) is 0 Å². The first kappa shape index (κ1) is 20.3. The standard InChI is InChI=1S/C18H12ClF3N4O3/c1-10-8-16(23-17(27)12-7-6-11(19)9-15(12)26(28)29)25(24-10)14-5-3-2-4-13(14)18(20,21)22/h2-9H,1H3,(H,23,27). The zero-order chi connectivity index (χ0) is 21.3. The molecular formula is C18H12ClF3N4O3. The van der Waals surface area contributed by atoms with Crippen LogP contribution in [-0.2, 0) is 6.18 Å². The second-order valence-electron chi connectivity index (χ2n) is 5.97. The maximum absolute atomic E-state index is 13.4. The summed E-state index contributed by atoms with van der Waals surface area (Å²) in [6, 6.07) is 9.55. The number of nitro benzene ring substituents is 1. The number of benzene rings is 2. The quantitative estimate of drug-likeness (QED) is 0.470. The molecule has 3 aromatic rings. The molecule has 0 bridgehead atoms. The van der Waals surface area contributed by atoms with Gasteiger partial charge in [-0.3, -0.25) is 14.9 Å². The van der Waals surface area contributed by atoms with Crippen LogP contribution in [-0.4, -0.2) is 20.6 Å². The van der Waals surface area contributed by atoms with Crippen molar-refractivity contribution in [1.82, 2.24) is 9.78 Å². The predicted octanol–water partition coefficient (Wildman–Crippen LogP) is 5.01. The van der Waals surface area contributed by atoms with Crippen molar-refractivity contribution in [3.05, 3.63) is 80.5 Å². The second-order valence-corrected chi connectivity index (χ2v) is 6.41. The fraction of sp³-hybridized carbons (Fsp3) is 0.111. The molecule has 0 spiro atoms. The van der Waals surface area contributed by atoms with E-state index in [1.54, 1.807) is 0 Å². The Kier molecular flexibility index (Phi) is 5.29. The Hall–Kier alpha value is -3.40. The molecule has 0 saturated carbocycles. The Bertz CT molecular complexity index is 1110. The average molecular weight is 425 g/mol. The summed E-state index contributed by atoms with van der Waals surface area (Å²) in [4.78, 5) is 23.0. The van der Waals surface area contributed by atoms with Gasteiger partial charge in [0.25, 0.3) is 11.6 Å². The van der Waals surface area contributed by atoms with Crippen LogP contribution in [0.4, 0.5) is 24.7 Å². The van der Waals surface area contributed by atoms with Crippen LogP contribution in [0.2, 0.25) is 5.02 Å². The number of aryl methyl sites for hydroxylation is 1. The largest absolute Gasteiger partial charge is 0.418 e. The molecule has 0 unspecified atom stereocenters. The molecule has 0 saturated heterocycles. The SMILES string of the molecule is Cc1cc(NC(=O)c2ccc(Cl)cc2[N+](=O)[O-])n(-c2ccccc2C(F)(F)F)n1. The topological polar surface area (TPSA) is 90.1 Å². The van der Waals surface area contributed by atoms with Gasteiger partial charge >= 0.3 is 6.18 Å². The van der Waals surface area contributed by atoms with E-state index in [0.717, 1.165) is 22.9 Å². The minimum atomic E-state index is -4.65. The van der Waals surface area contributed by atoms with Gasteiger partial charge in [-0.05, 0) is 31.2 Å². The van der Waals surface area contributed by atoms with Crippen LogP contribution in [0, 0.1) is 17.0 Å². The Morgan fingerprint density at radius 2 is 1.90 bits per heavy atom. The number of nitro groups is 1. The average Bonchev–Trinajstić information content (AvgIpc) is 3.00. The summed E-state index contributed by atoms with van der Waals surface area (Å²) < 4.78 is 41.0. The first-order valence-corrected chi connectivity index (χ1v) is 8.44. The Labute approximate surface area is 166 Å². The van der Waals surface area contributed by atoms with Gasteiger partial charge in [0.1, 0.15) is 11.4 Å². The number of nitrogens with one attached hydrogen (secondary N) is 1.